The van der Waals surface area contributed by atoms with Gasteiger partial charge in [0.1, 0.15) is 17.2 Å². The summed E-state index contributed by atoms with van der Waals surface area (Å²) in [7, 11) is 4.00. The first-order valence-corrected chi connectivity index (χ1v) is 12.5. The molecule has 0 radical (unpaired) electrons. The van der Waals surface area contributed by atoms with Crippen LogP contribution in [-0.4, -0.2) is 33.3 Å². The van der Waals surface area contributed by atoms with Crippen molar-refractivity contribution in [3.8, 4) is 17.2 Å². The molecule has 5 heteroatoms. The molecule has 0 atom stereocenters. The van der Waals surface area contributed by atoms with Crippen molar-refractivity contribution in [1.29, 1.82) is 0 Å². The number of nitrogens with zero attached hydrogens (tertiary/aromatic N) is 1. The Morgan fingerprint density at radius 3 is 1.89 bits per heavy atom. The number of hydrogen-bond donors (Lipinski definition) is 0. The third-order valence-electron chi connectivity index (χ3n) is 5.67. The largest absolute Gasteiger partial charge is 0.494 e. The molecule has 0 saturated carbocycles. The number of hydrogen-bond acceptors (Lipinski definition) is 5. The summed E-state index contributed by atoms with van der Waals surface area (Å²) in [5.41, 5.74) is 2.11. The lowest BCUT2D eigenvalue weighted by Gasteiger charge is -2.12. The molecular weight excluding hydrogens is 438 g/mol. The average molecular weight is 476 g/mol. The highest BCUT2D eigenvalue weighted by molar-refractivity contribution is 5.72. The second-order valence-electron chi connectivity index (χ2n) is 8.81. The number of carbonyl (C=O) groups is 1. The topological polar surface area (TPSA) is 48.0 Å². The first-order valence-electron chi connectivity index (χ1n) is 12.5. The number of benzene rings is 3. The highest BCUT2D eigenvalue weighted by atomic mass is 16.5. The third-order valence-corrected chi connectivity index (χ3v) is 5.67. The van der Waals surface area contributed by atoms with Gasteiger partial charge in [0.15, 0.2) is 0 Å². The van der Waals surface area contributed by atoms with Crippen LogP contribution in [0.3, 0.4) is 0 Å². The van der Waals surface area contributed by atoms with E-state index in [0.29, 0.717) is 19.6 Å². The lowest BCUT2D eigenvalue weighted by molar-refractivity contribution is -0.142. The molecule has 0 amide bonds. The number of ether oxygens (including phenoxy) is 3. The summed E-state index contributed by atoms with van der Waals surface area (Å²) in [6.45, 7) is 1.22. The Hall–Kier alpha value is -3.47. The van der Waals surface area contributed by atoms with Crippen molar-refractivity contribution < 1.29 is 19.0 Å². The van der Waals surface area contributed by atoms with Crippen LogP contribution in [0.2, 0.25) is 0 Å². The molecule has 0 spiro atoms. The molecule has 0 fully saturated rings. The lowest BCUT2D eigenvalue weighted by atomic mass is 10.1. The first kappa shape index (κ1) is 26.1. The predicted octanol–water partition coefficient (Wildman–Crippen LogP) is 7.05. The molecule has 0 saturated heterocycles. The summed E-state index contributed by atoms with van der Waals surface area (Å²) in [5.74, 6) is 2.33. The van der Waals surface area contributed by atoms with Gasteiger partial charge in [-0.25, -0.2) is 0 Å². The molecule has 5 nitrogen and oxygen atoms in total. The number of carbonyl (C=O) groups excluding carboxylic acids is 1. The molecule has 186 valence electrons. The fourth-order valence-electron chi connectivity index (χ4n) is 3.65. The van der Waals surface area contributed by atoms with Crippen molar-refractivity contribution in [3.05, 3.63) is 84.4 Å². The minimum Gasteiger partial charge on any atom is -0.494 e. The molecule has 3 aromatic rings. The Bertz CT molecular complexity index is 985. The van der Waals surface area contributed by atoms with Gasteiger partial charge < -0.3 is 19.1 Å². The van der Waals surface area contributed by atoms with Gasteiger partial charge in [0.05, 0.1) is 19.6 Å². The van der Waals surface area contributed by atoms with Crippen molar-refractivity contribution in [1.82, 2.24) is 0 Å². The lowest BCUT2D eigenvalue weighted by Crippen LogP contribution is -2.10. The van der Waals surface area contributed by atoms with Gasteiger partial charge in [0.2, 0.25) is 0 Å². The second kappa shape index (κ2) is 14.7. The van der Waals surface area contributed by atoms with E-state index in [1.807, 2.05) is 97.9 Å². The molecule has 0 aliphatic heterocycles. The SMILES string of the molecule is CN(C)c1ccc(CC(=O)OCCCCCCCCOc2ccc(Oc3ccccc3)cc2)cc1. The first-order chi connectivity index (χ1) is 17.1. The Morgan fingerprint density at radius 1 is 0.657 bits per heavy atom. The molecule has 3 aromatic carbocycles. The monoisotopic (exact) mass is 475 g/mol. The molecule has 0 aliphatic rings. The molecule has 0 aliphatic carbocycles. The van der Waals surface area contributed by atoms with Gasteiger partial charge >= 0.3 is 5.97 Å². The molecule has 35 heavy (non-hydrogen) atoms. The minimum absolute atomic E-state index is 0.153. The molecule has 0 bridgehead atoms. The Morgan fingerprint density at radius 2 is 1.23 bits per heavy atom. The summed E-state index contributed by atoms with van der Waals surface area (Å²) < 4.78 is 17.0. The van der Waals surface area contributed by atoms with Crippen molar-refractivity contribution in [2.75, 3.05) is 32.2 Å². The predicted molar refractivity (Wildman–Crippen MR) is 142 cm³/mol. The van der Waals surface area contributed by atoms with Crippen LogP contribution in [0.15, 0.2) is 78.9 Å². The number of rotatable bonds is 15. The summed E-state index contributed by atoms with van der Waals surface area (Å²) in [5, 5.41) is 0. The van der Waals surface area contributed by atoms with E-state index in [-0.39, 0.29) is 5.97 Å². The van der Waals surface area contributed by atoms with Crippen molar-refractivity contribution in [3.63, 3.8) is 0 Å². The van der Waals surface area contributed by atoms with E-state index < -0.39 is 0 Å². The van der Waals surface area contributed by atoms with Gasteiger partial charge in [-0.3, -0.25) is 4.79 Å². The zero-order chi connectivity index (χ0) is 24.7. The van der Waals surface area contributed by atoms with E-state index in [2.05, 4.69) is 0 Å². The van der Waals surface area contributed by atoms with Gasteiger partial charge in [-0.05, 0) is 66.9 Å². The van der Waals surface area contributed by atoms with Gasteiger partial charge in [-0.2, -0.15) is 0 Å². The molecule has 3 rings (SSSR count). The summed E-state index contributed by atoms with van der Waals surface area (Å²) in [6, 6.07) is 25.5. The Labute approximate surface area is 209 Å². The van der Waals surface area contributed by atoms with Crippen LogP contribution in [0.4, 0.5) is 5.69 Å². The van der Waals surface area contributed by atoms with Gasteiger partial charge in [-0.15, -0.1) is 0 Å². The smallest absolute Gasteiger partial charge is 0.310 e. The molecular formula is C30H37NO4. The maximum absolute atomic E-state index is 12.0. The number of unbranched alkanes of at least 4 members (excludes halogenated alkanes) is 5. The van der Waals surface area contributed by atoms with Crippen LogP contribution in [0.1, 0.15) is 44.1 Å². The maximum Gasteiger partial charge on any atom is 0.310 e. The Balaban J connectivity index is 1.16. The molecule has 0 heterocycles. The van der Waals surface area contributed by atoms with Gasteiger partial charge in [-0.1, -0.05) is 56.0 Å². The fourth-order valence-corrected chi connectivity index (χ4v) is 3.65. The second-order valence-corrected chi connectivity index (χ2v) is 8.81. The molecule has 0 N–H and O–H groups in total. The van der Waals surface area contributed by atoms with E-state index in [1.165, 1.54) is 6.42 Å². The van der Waals surface area contributed by atoms with Crippen LogP contribution in [-0.2, 0) is 16.0 Å². The summed E-state index contributed by atoms with van der Waals surface area (Å²) in [4.78, 5) is 14.0. The number of anilines is 1. The highest BCUT2D eigenvalue weighted by Gasteiger charge is 2.05. The van der Waals surface area contributed by atoms with Crippen LogP contribution >= 0.6 is 0 Å². The van der Waals surface area contributed by atoms with Crippen LogP contribution < -0.4 is 14.4 Å². The minimum atomic E-state index is -0.153. The van der Waals surface area contributed by atoms with E-state index in [9.17, 15) is 4.79 Å². The van der Waals surface area contributed by atoms with E-state index in [4.69, 9.17) is 14.2 Å². The molecule has 0 aromatic heterocycles. The van der Waals surface area contributed by atoms with Crippen LogP contribution in [0, 0.1) is 0 Å². The van der Waals surface area contributed by atoms with Crippen molar-refractivity contribution in [2.24, 2.45) is 0 Å². The van der Waals surface area contributed by atoms with Gasteiger partial charge in [0, 0.05) is 19.8 Å². The summed E-state index contributed by atoms with van der Waals surface area (Å²) in [6.07, 6.45) is 6.81. The third kappa shape index (κ3) is 10.1. The zero-order valence-corrected chi connectivity index (χ0v) is 20.9. The summed E-state index contributed by atoms with van der Waals surface area (Å²) >= 11 is 0. The fraction of sp³-hybridized carbons (Fsp3) is 0.367. The van der Waals surface area contributed by atoms with Crippen molar-refractivity contribution in [2.45, 2.75) is 44.9 Å². The number of esters is 1. The van der Waals surface area contributed by atoms with E-state index in [0.717, 1.165) is 60.6 Å². The van der Waals surface area contributed by atoms with E-state index >= 15 is 0 Å². The van der Waals surface area contributed by atoms with Crippen LogP contribution in [0.25, 0.3) is 0 Å². The van der Waals surface area contributed by atoms with Crippen molar-refractivity contribution >= 4 is 11.7 Å². The number of para-hydroxylation sites is 1. The zero-order valence-electron chi connectivity index (χ0n) is 20.9. The highest BCUT2D eigenvalue weighted by Crippen LogP contribution is 2.23. The normalized spacial score (nSPS) is 10.6. The van der Waals surface area contributed by atoms with Gasteiger partial charge in [0.25, 0.3) is 0 Å². The Kier molecular flexibility index (Phi) is 11.0. The quantitative estimate of drug-likeness (QED) is 0.174. The average Bonchev–Trinajstić information content (AvgIpc) is 2.87. The van der Waals surface area contributed by atoms with E-state index in [1.54, 1.807) is 0 Å². The maximum atomic E-state index is 12.0. The standard InChI is InChI=1S/C30H37NO4/c1-31(2)26-16-14-25(15-17-26)24-30(32)34-23-11-6-4-3-5-10-22-33-27-18-20-29(21-19-27)35-28-12-8-7-9-13-28/h7-9,12-21H,3-6,10-11,22-24H2,1-2H3. The van der Waals surface area contributed by atoms with Crippen LogP contribution in [0.5, 0.6) is 17.2 Å². The molecule has 0 unspecified atom stereocenters.